The van der Waals surface area contributed by atoms with E-state index in [9.17, 15) is 4.79 Å². The Hall–Kier alpha value is -3.10. The molecule has 3 aromatic rings. The molecule has 8 nitrogen and oxygen atoms in total. The first kappa shape index (κ1) is 19.2. The third-order valence-corrected chi connectivity index (χ3v) is 4.72. The summed E-state index contributed by atoms with van der Waals surface area (Å²) in [6.45, 7) is 6.58. The van der Waals surface area contributed by atoms with Crippen LogP contribution in [0, 0.1) is 6.92 Å². The van der Waals surface area contributed by atoms with E-state index in [4.69, 9.17) is 9.47 Å². The SMILES string of the molecule is Cc1cnc(C(=O)Nc2cc(OCCN3CCOCC3)cc3cccnc23)cn1. The van der Waals surface area contributed by atoms with E-state index in [1.54, 1.807) is 18.5 Å². The lowest BCUT2D eigenvalue weighted by atomic mass is 10.1. The van der Waals surface area contributed by atoms with Crippen molar-refractivity contribution in [2.24, 2.45) is 0 Å². The molecular formula is C21H23N5O3. The minimum Gasteiger partial charge on any atom is -0.492 e. The Labute approximate surface area is 168 Å². The van der Waals surface area contributed by atoms with Crippen molar-refractivity contribution in [2.45, 2.75) is 6.92 Å². The minimum atomic E-state index is -0.338. The third kappa shape index (κ3) is 4.85. The smallest absolute Gasteiger partial charge is 0.275 e. The number of hydrogen-bond donors (Lipinski definition) is 1. The number of aromatic nitrogens is 3. The second-order valence-corrected chi connectivity index (χ2v) is 6.85. The van der Waals surface area contributed by atoms with Crippen LogP contribution in [0.3, 0.4) is 0 Å². The summed E-state index contributed by atoms with van der Waals surface area (Å²) in [4.78, 5) is 27.6. The van der Waals surface area contributed by atoms with E-state index in [1.165, 1.54) is 6.20 Å². The monoisotopic (exact) mass is 393 g/mol. The Morgan fingerprint density at radius 3 is 2.86 bits per heavy atom. The fourth-order valence-electron chi connectivity index (χ4n) is 3.16. The van der Waals surface area contributed by atoms with Gasteiger partial charge >= 0.3 is 0 Å². The van der Waals surface area contributed by atoms with Gasteiger partial charge < -0.3 is 14.8 Å². The maximum atomic E-state index is 12.6. The van der Waals surface area contributed by atoms with Gasteiger partial charge in [-0.25, -0.2) is 4.98 Å². The van der Waals surface area contributed by atoms with Crippen molar-refractivity contribution in [3.8, 4) is 5.75 Å². The quantitative estimate of drug-likeness (QED) is 0.687. The van der Waals surface area contributed by atoms with Gasteiger partial charge in [0.05, 0.1) is 36.3 Å². The number of nitrogens with zero attached hydrogens (tertiary/aromatic N) is 4. The standard InChI is InChI=1S/C21H23N5O3/c1-15-13-24-19(14-23-15)21(27)25-18-12-17(11-16-3-2-4-22-20(16)18)29-10-7-26-5-8-28-9-6-26/h2-4,11-14H,5-10H2,1H3,(H,25,27). The van der Waals surface area contributed by atoms with Crippen LogP contribution in [-0.4, -0.2) is 65.2 Å². The van der Waals surface area contributed by atoms with Crippen molar-refractivity contribution in [3.63, 3.8) is 0 Å². The van der Waals surface area contributed by atoms with Crippen molar-refractivity contribution in [3.05, 3.63) is 54.2 Å². The van der Waals surface area contributed by atoms with Gasteiger partial charge in [-0.3, -0.25) is 19.7 Å². The number of ether oxygens (including phenoxy) is 2. The molecule has 150 valence electrons. The van der Waals surface area contributed by atoms with Gasteiger partial charge in [0.2, 0.25) is 0 Å². The van der Waals surface area contributed by atoms with Crippen LogP contribution in [0.1, 0.15) is 16.2 Å². The van der Waals surface area contributed by atoms with E-state index in [2.05, 4.69) is 25.2 Å². The van der Waals surface area contributed by atoms with Crippen molar-refractivity contribution in [1.82, 2.24) is 19.9 Å². The number of rotatable bonds is 6. The summed E-state index contributed by atoms with van der Waals surface area (Å²) in [6.07, 6.45) is 4.72. The molecule has 8 heteroatoms. The largest absolute Gasteiger partial charge is 0.492 e. The number of morpholine rings is 1. The molecule has 1 amide bonds. The number of anilines is 1. The number of aryl methyl sites for hydroxylation is 1. The van der Waals surface area contributed by atoms with Gasteiger partial charge in [-0.15, -0.1) is 0 Å². The first-order valence-corrected chi connectivity index (χ1v) is 9.61. The molecule has 4 rings (SSSR count). The van der Waals surface area contributed by atoms with Gasteiger partial charge in [0.15, 0.2) is 0 Å². The number of nitrogens with one attached hydrogen (secondary N) is 1. The molecule has 0 aliphatic carbocycles. The predicted octanol–water partition coefficient (Wildman–Crippen LogP) is 2.30. The number of carbonyl (C=O) groups is 1. The first-order chi connectivity index (χ1) is 14.2. The number of benzene rings is 1. The highest BCUT2D eigenvalue weighted by atomic mass is 16.5. The maximum Gasteiger partial charge on any atom is 0.275 e. The van der Waals surface area contributed by atoms with Gasteiger partial charge in [-0.05, 0) is 19.1 Å². The summed E-state index contributed by atoms with van der Waals surface area (Å²) in [5.74, 6) is 0.346. The van der Waals surface area contributed by atoms with Crippen molar-refractivity contribution in [1.29, 1.82) is 0 Å². The molecule has 2 aromatic heterocycles. The van der Waals surface area contributed by atoms with E-state index in [-0.39, 0.29) is 11.6 Å². The lowest BCUT2D eigenvalue weighted by molar-refractivity contribution is 0.0322. The second-order valence-electron chi connectivity index (χ2n) is 6.85. The summed E-state index contributed by atoms with van der Waals surface area (Å²) in [5, 5.41) is 3.78. The zero-order valence-electron chi connectivity index (χ0n) is 16.3. The highest BCUT2D eigenvalue weighted by Gasteiger charge is 2.14. The highest BCUT2D eigenvalue weighted by molar-refractivity contribution is 6.07. The average Bonchev–Trinajstić information content (AvgIpc) is 2.75. The Kier molecular flexibility index (Phi) is 5.92. The fourth-order valence-corrected chi connectivity index (χ4v) is 3.16. The molecule has 1 N–H and O–H groups in total. The number of fused-ring (bicyclic) bond motifs is 1. The van der Waals surface area contributed by atoms with E-state index in [1.807, 2.05) is 25.1 Å². The Balaban J connectivity index is 1.50. The highest BCUT2D eigenvalue weighted by Crippen LogP contribution is 2.28. The zero-order chi connectivity index (χ0) is 20.1. The molecule has 0 saturated carbocycles. The van der Waals surface area contributed by atoms with E-state index >= 15 is 0 Å². The molecule has 0 unspecified atom stereocenters. The molecule has 1 aromatic carbocycles. The van der Waals surface area contributed by atoms with Crippen LogP contribution in [-0.2, 0) is 4.74 Å². The maximum absolute atomic E-state index is 12.6. The lowest BCUT2D eigenvalue weighted by Crippen LogP contribution is -2.38. The normalized spacial score (nSPS) is 14.7. The van der Waals surface area contributed by atoms with Crippen LogP contribution in [0.25, 0.3) is 10.9 Å². The van der Waals surface area contributed by atoms with Crippen LogP contribution in [0.2, 0.25) is 0 Å². The second kappa shape index (κ2) is 8.93. The van der Waals surface area contributed by atoms with Gasteiger partial charge in [-0.1, -0.05) is 6.07 Å². The van der Waals surface area contributed by atoms with Crippen molar-refractivity contribution >= 4 is 22.5 Å². The molecule has 0 radical (unpaired) electrons. The summed E-state index contributed by atoms with van der Waals surface area (Å²) < 4.78 is 11.3. The number of pyridine rings is 1. The summed E-state index contributed by atoms with van der Waals surface area (Å²) in [5.41, 5.74) is 2.28. The fraction of sp³-hybridized carbons (Fsp3) is 0.333. The molecule has 0 atom stereocenters. The molecule has 0 bridgehead atoms. The molecular weight excluding hydrogens is 370 g/mol. The number of hydrogen-bond acceptors (Lipinski definition) is 7. The van der Waals surface area contributed by atoms with Gasteiger partial charge in [0.25, 0.3) is 5.91 Å². The number of carbonyl (C=O) groups excluding carboxylic acids is 1. The number of amides is 1. The molecule has 1 aliphatic heterocycles. The summed E-state index contributed by atoms with van der Waals surface area (Å²) in [6, 6.07) is 7.53. The average molecular weight is 393 g/mol. The Bertz CT molecular complexity index is 987. The Morgan fingerprint density at radius 2 is 2.07 bits per heavy atom. The first-order valence-electron chi connectivity index (χ1n) is 9.61. The van der Waals surface area contributed by atoms with Gasteiger partial charge in [0.1, 0.15) is 18.1 Å². The predicted molar refractivity (Wildman–Crippen MR) is 109 cm³/mol. The summed E-state index contributed by atoms with van der Waals surface area (Å²) in [7, 11) is 0. The van der Waals surface area contributed by atoms with Gasteiger partial charge in [-0.2, -0.15) is 0 Å². The topological polar surface area (TPSA) is 89.5 Å². The zero-order valence-corrected chi connectivity index (χ0v) is 16.3. The van der Waals surface area contributed by atoms with Gasteiger partial charge in [0, 0.05) is 43.5 Å². The van der Waals surface area contributed by atoms with Crippen LogP contribution < -0.4 is 10.1 Å². The Morgan fingerprint density at radius 1 is 1.21 bits per heavy atom. The molecule has 29 heavy (non-hydrogen) atoms. The minimum absolute atomic E-state index is 0.248. The molecule has 1 aliphatic rings. The third-order valence-electron chi connectivity index (χ3n) is 4.72. The van der Waals surface area contributed by atoms with E-state index in [0.29, 0.717) is 23.6 Å². The van der Waals surface area contributed by atoms with Crippen molar-refractivity contribution in [2.75, 3.05) is 44.8 Å². The van der Waals surface area contributed by atoms with E-state index in [0.717, 1.165) is 43.9 Å². The molecule has 0 spiro atoms. The lowest BCUT2D eigenvalue weighted by Gasteiger charge is -2.26. The molecule has 1 fully saturated rings. The van der Waals surface area contributed by atoms with Crippen LogP contribution in [0.5, 0.6) is 5.75 Å². The molecule has 3 heterocycles. The summed E-state index contributed by atoms with van der Waals surface area (Å²) >= 11 is 0. The van der Waals surface area contributed by atoms with Crippen LogP contribution in [0.4, 0.5) is 5.69 Å². The van der Waals surface area contributed by atoms with Crippen LogP contribution in [0.15, 0.2) is 42.9 Å². The molecule has 1 saturated heterocycles. The van der Waals surface area contributed by atoms with E-state index < -0.39 is 0 Å². The van der Waals surface area contributed by atoms with Crippen molar-refractivity contribution < 1.29 is 14.3 Å². The van der Waals surface area contributed by atoms with Crippen LogP contribution >= 0.6 is 0 Å².